The van der Waals surface area contributed by atoms with Gasteiger partial charge in [-0.05, 0) is 57.8 Å². The van der Waals surface area contributed by atoms with Gasteiger partial charge in [0.2, 0.25) is 0 Å². The van der Waals surface area contributed by atoms with Gasteiger partial charge < -0.3 is 10.2 Å². The fourth-order valence-electron chi connectivity index (χ4n) is 2.62. The second-order valence-electron chi connectivity index (χ2n) is 5.64. The maximum Gasteiger partial charge on any atom is 0.0935 e. The largest absolute Gasteiger partial charge is 0.472 e. The number of likely N-dealkylation sites (tertiary alicyclic amines) is 1. The summed E-state index contributed by atoms with van der Waals surface area (Å²) in [5.41, 5.74) is 7.65. The molecule has 2 N–H and O–H groups in total. The molecule has 1 atom stereocenters. The van der Waals surface area contributed by atoms with E-state index in [0.717, 1.165) is 6.42 Å². The van der Waals surface area contributed by atoms with Crippen LogP contribution in [0.25, 0.3) is 0 Å². The molecule has 2 heterocycles. The van der Waals surface area contributed by atoms with Crippen molar-refractivity contribution in [1.82, 2.24) is 4.90 Å². The van der Waals surface area contributed by atoms with Crippen molar-refractivity contribution in [3.05, 3.63) is 24.2 Å². The molecule has 0 bridgehead atoms. The summed E-state index contributed by atoms with van der Waals surface area (Å²) in [5, 5.41) is 0. The molecule has 0 amide bonds. The first kappa shape index (κ1) is 12.7. The van der Waals surface area contributed by atoms with Crippen LogP contribution in [0, 0.1) is 0 Å². The van der Waals surface area contributed by atoms with E-state index in [9.17, 15) is 0 Å². The lowest BCUT2D eigenvalue weighted by Crippen LogP contribution is -2.58. The van der Waals surface area contributed by atoms with Gasteiger partial charge in [-0.3, -0.25) is 4.90 Å². The lowest BCUT2D eigenvalue weighted by atomic mass is 9.87. The highest BCUT2D eigenvalue weighted by atomic mass is 16.3. The molecule has 0 spiro atoms. The van der Waals surface area contributed by atoms with E-state index in [1.54, 1.807) is 12.5 Å². The molecule has 3 nitrogen and oxygen atoms in total. The third-order valence-electron chi connectivity index (χ3n) is 4.11. The molecule has 3 heteroatoms. The smallest absolute Gasteiger partial charge is 0.0935 e. The Morgan fingerprint density at radius 1 is 1.35 bits per heavy atom. The van der Waals surface area contributed by atoms with Crippen molar-refractivity contribution in [3.8, 4) is 0 Å². The van der Waals surface area contributed by atoms with Crippen molar-refractivity contribution >= 4 is 0 Å². The highest BCUT2D eigenvalue weighted by Gasteiger charge is 2.33. The summed E-state index contributed by atoms with van der Waals surface area (Å²) >= 11 is 0. The molecule has 0 aliphatic carbocycles. The molecular weight excluding hydrogens is 212 g/mol. The number of hydrogen-bond acceptors (Lipinski definition) is 3. The van der Waals surface area contributed by atoms with Crippen LogP contribution in [0.1, 0.15) is 38.7 Å². The number of piperidine rings is 1. The Balaban J connectivity index is 1.98. The molecule has 1 fully saturated rings. The second-order valence-corrected chi connectivity index (χ2v) is 5.64. The van der Waals surface area contributed by atoms with Gasteiger partial charge in [-0.2, -0.15) is 0 Å². The third kappa shape index (κ3) is 2.90. The van der Waals surface area contributed by atoms with Crippen LogP contribution in [-0.4, -0.2) is 29.6 Å². The van der Waals surface area contributed by atoms with Gasteiger partial charge in [0, 0.05) is 11.6 Å². The first-order chi connectivity index (χ1) is 8.10. The average molecular weight is 236 g/mol. The summed E-state index contributed by atoms with van der Waals surface area (Å²) in [6.07, 6.45) is 8.38. The summed E-state index contributed by atoms with van der Waals surface area (Å²) in [4.78, 5) is 2.54. The van der Waals surface area contributed by atoms with Gasteiger partial charge in [-0.25, -0.2) is 0 Å². The maximum atomic E-state index is 6.39. The zero-order chi connectivity index (χ0) is 12.3. The normalized spacial score (nSPS) is 20.4. The van der Waals surface area contributed by atoms with E-state index in [1.807, 2.05) is 6.07 Å². The first-order valence-corrected chi connectivity index (χ1v) is 6.62. The van der Waals surface area contributed by atoms with Crippen molar-refractivity contribution < 1.29 is 4.42 Å². The Kier molecular flexibility index (Phi) is 3.89. The minimum atomic E-state index is 0.0672. The van der Waals surface area contributed by atoms with Crippen molar-refractivity contribution in [1.29, 1.82) is 0 Å². The van der Waals surface area contributed by atoms with Crippen molar-refractivity contribution in [3.63, 3.8) is 0 Å². The van der Waals surface area contributed by atoms with E-state index >= 15 is 0 Å². The average Bonchev–Trinajstić information content (AvgIpc) is 2.83. The predicted octanol–water partition coefficient (Wildman–Crippen LogP) is 2.41. The molecule has 1 aromatic heterocycles. The van der Waals surface area contributed by atoms with Crippen molar-refractivity contribution in [2.45, 2.75) is 51.1 Å². The van der Waals surface area contributed by atoms with Gasteiger partial charge in [0.05, 0.1) is 12.5 Å². The number of hydrogen-bond donors (Lipinski definition) is 1. The Hall–Kier alpha value is -0.800. The lowest BCUT2D eigenvalue weighted by molar-refractivity contribution is 0.0731. The van der Waals surface area contributed by atoms with E-state index in [4.69, 9.17) is 10.2 Å². The summed E-state index contributed by atoms with van der Waals surface area (Å²) in [6, 6.07) is 2.16. The topological polar surface area (TPSA) is 42.4 Å². The fraction of sp³-hybridized carbons (Fsp3) is 0.714. The number of rotatable bonds is 4. The van der Waals surface area contributed by atoms with Gasteiger partial charge in [0.25, 0.3) is 0 Å². The number of nitrogens with zero attached hydrogens (tertiary/aromatic N) is 1. The minimum absolute atomic E-state index is 0.0672. The van der Waals surface area contributed by atoms with Gasteiger partial charge >= 0.3 is 0 Å². The van der Waals surface area contributed by atoms with Crippen molar-refractivity contribution in [2.75, 3.05) is 13.1 Å². The van der Waals surface area contributed by atoms with Crippen LogP contribution in [0.3, 0.4) is 0 Å². The molecular formula is C14H24N2O. The van der Waals surface area contributed by atoms with Crippen LogP contribution in [-0.2, 0) is 6.42 Å². The Morgan fingerprint density at radius 2 is 2.06 bits per heavy atom. The van der Waals surface area contributed by atoms with E-state index < -0.39 is 0 Å². The van der Waals surface area contributed by atoms with Crippen LogP contribution >= 0.6 is 0 Å². The predicted molar refractivity (Wildman–Crippen MR) is 69.9 cm³/mol. The fourth-order valence-corrected chi connectivity index (χ4v) is 2.62. The Morgan fingerprint density at radius 3 is 2.65 bits per heavy atom. The molecule has 17 heavy (non-hydrogen) atoms. The zero-order valence-electron chi connectivity index (χ0n) is 11.0. The third-order valence-corrected chi connectivity index (χ3v) is 4.11. The van der Waals surface area contributed by atoms with Crippen LogP contribution in [0.15, 0.2) is 23.0 Å². The van der Waals surface area contributed by atoms with Crippen LogP contribution in [0.2, 0.25) is 0 Å². The standard InChI is InChI=1S/C14H24N2O/c1-14(2,16-7-4-3-5-8-16)13(15)10-12-6-9-17-11-12/h6,9,11,13H,3-5,7-8,10,15H2,1-2H3. The molecule has 1 aliphatic rings. The van der Waals surface area contributed by atoms with E-state index in [1.165, 1.54) is 37.9 Å². The molecule has 1 aliphatic heterocycles. The molecule has 1 aromatic rings. The first-order valence-electron chi connectivity index (χ1n) is 6.62. The maximum absolute atomic E-state index is 6.39. The Bertz CT molecular complexity index is 326. The minimum Gasteiger partial charge on any atom is -0.472 e. The molecule has 0 saturated carbocycles. The summed E-state index contributed by atoms with van der Waals surface area (Å²) in [7, 11) is 0. The molecule has 96 valence electrons. The van der Waals surface area contributed by atoms with Gasteiger partial charge in [0.15, 0.2) is 0 Å². The molecule has 0 aromatic carbocycles. The summed E-state index contributed by atoms with van der Waals surface area (Å²) < 4.78 is 5.10. The number of nitrogens with two attached hydrogens (primary N) is 1. The van der Waals surface area contributed by atoms with E-state index in [0.29, 0.717) is 0 Å². The molecule has 2 rings (SSSR count). The summed E-state index contributed by atoms with van der Waals surface area (Å²) in [6.45, 7) is 6.91. The molecule has 0 radical (unpaired) electrons. The molecule has 1 unspecified atom stereocenters. The van der Waals surface area contributed by atoms with Crippen LogP contribution in [0.5, 0.6) is 0 Å². The van der Waals surface area contributed by atoms with Crippen LogP contribution < -0.4 is 5.73 Å². The monoisotopic (exact) mass is 236 g/mol. The number of furan rings is 1. The second kappa shape index (κ2) is 5.23. The quantitative estimate of drug-likeness (QED) is 0.873. The highest BCUT2D eigenvalue weighted by molar-refractivity contribution is 5.10. The highest BCUT2D eigenvalue weighted by Crippen LogP contribution is 2.24. The van der Waals surface area contributed by atoms with Crippen molar-refractivity contribution in [2.24, 2.45) is 5.73 Å². The van der Waals surface area contributed by atoms with Gasteiger partial charge in [-0.15, -0.1) is 0 Å². The zero-order valence-corrected chi connectivity index (χ0v) is 11.0. The van der Waals surface area contributed by atoms with Gasteiger partial charge in [-0.1, -0.05) is 6.42 Å². The summed E-state index contributed by atoms with van der Waals surface area (Å²) in [5.74, 6) is 0. The van der Waals surface area contributed by atoms with E-state index in [-0.39, 0.29) is 11.6 Å². The van der Waals surface area contributed by atoms with Crippen LogP contribution in [0.4, 0.5) is 0 Å². The van der Waals surface area contributed by atoms with E-state index in [2.05, 4.69) is 18.7 Å². The van der Waals surface area contributed by atoms with Gasteiger partial charge in [0.1, 0.15) is 0 Å². The SMILES string of the molecule is CC(C)(C(N)Cc1ccoc1)N1CCCCC1. The Labute approximate surface area is 104 Å². The molecule has 1 saturated heterocycles. The lowest BCUT2D eigenvalue weighted by Gasteiger charge is -2.44.